The maximum absolute atomic E-state index is 7.16. The molecular formula is C10H15N3. The first-order valence-corrected chi connectivity index (χ1v) is 4.38. The summed E-state index contributed by atoms with van der Waals surface area (Å²) in [5.74, 6) is 1.20. The van der Waals surface area contributed by atoms with Crippen molar-refractivity contribution in [3.63, 3.8) is 0 Å². The van der Waals surface area contributed by atoms with Crippen molar-refractivity contribution in [2.45, 2.75) is 19.8 Å². The number of anilines is 1. The largest absolute Gasteiger partial charge is 0.373 e. The summed E-state index contributed by atoms with van der Waals surface area (Å²) in [4.78, 5) is 4.40. The zero-order valence-electron chi connectivity index (χ0n) is 8.26. The lowest BCUT2D eigenvalue weighted by Gasteiger charge is -2.08. The Kier molecular flexibility index (Phi) is 3.01. The summed E-state index contributed by atoms with van der Waals surface area (Å²) < 4.78 is 0. The molecule has 0 aromatic carbocycles. The third kappa shape index (κ3) is 2.05. The van der Waals surface area contributed by atoms with Gasteiger partial charge in [0.1, 0.15) is 5.82 Å². The van der Waals surface area contributed by atoms with E-state index in [9.17, 15) is 0 Å². The number of rotatable bonds is 3. The number of aromatic nitrogens is 1. The second kappa shape index (κ2) is 4.03. The van der Waals surface area contributed by atoms with Crippen LogP contribution in [0.1, 0.15) is 31.0 Å². The highest BCUT2D eigenvalue weighted by molar-refractivity contribution is 5.84. The van der Waals surface area contributed by atoms with Gasteiger partial charge in [0.25, 0.3) is 0 Å². The highest BCUT2D eigenvalue weighted by atomic mass is 15.0. The van der Waals surface area contributed by atoms with Gasteiger partial charge in [-0.3, -0.25) is 0 Å². The van der Waals surface area contributed by atoms with Crippen LogP contribution in [0.15, 0.2) is 12.1 Å². The standard InChI is InChI=1S/C10H15N3/c1-7(2)9-5-4-8(6-11)10(12-3)13-9/h4-7,11H,1-3H3,(H,12,13). The van der Waals surface area contributed by atoms with E-state index in [4.69, 9.17) is 5.41 Å². The average molecular weight is 177 g/mol. The molecule has 2 N–H and O–H groups in total. The van der Waals surface area contributed by atoms with Crippen molar-refractivity contribution in [1.82, 2.24) is 4.98 Å². The molecule has 1 aromatic heterocycles. The molecule has 1 heterocycles. The van der Waals surface area contributed by atoms with Gasteiger partial charge in [-0.25, -0.2) is 4.98 Å². The Morgan fingerprint density at radius 2 is 2.15 bits per heavy atom. The third-order valence-corrected chi connectivity index (χ3v) is 1.93. The number of hydrogen-bond donors (Lipinski definition) is 2. The fourth-order valence-corrected chi connectivity index (χ4v) is 1.12. The molecule has 0 saturated heterocycles. The summed E-state index contributed by atoms with van der Waals surface area (Å²) in [6.45, 7) is 4.21. The van der Waals surface area contributed by atoms with Crippen molar-refractivity contribution in [2.75, 3.05) is 12.4 Å². The third-order valence-electron chi connectivity index (χ3n) is 1.93. The van der Waals surface area contributed by atoms with Crippen molar-refractivity contribution >= 4 is 12.0 Å². The van der Waals surface area contributed by atoms with Crippen LogP contribution in [0.25, 0.3) is 0 Å². The van der Waals surface area contributed by atoms with E-state index in [1.807, 2.05) is 19.2 Å². The lowest BCUT2D eigenvalue weighted by Crippen LogP contribution is -2.01. The lowest BCUT2D eigenvalue weighted by atomic mass is 10.1. The van der Waals surface area contributed by atoms with E-state index in [2.05, 4.69) is 24.1 Å². The maximum Gasteiger partial charge on any atom is 0.134 e. The molecule has 0 atom stereocenters. The van der Waals surface area contributed by atoms with Gasteiger partial charge in [0, 0.05) is 24.5 Å². The number of nitrogens with one attached hydrogen (secondary N) is 2. The molecule has 0 aliphatic rings. The summed E-state index contributed by atoms with van der Waals surface area (Å²) in [6.07, 6.45) is 1.31. The minimum Gasteiger partial charge on any atom is -0.373 e. The van der Waals surface area contributed by atoms with Crippen molar-refractivity contribution in [3.8, 4) is 0 Å². The molecule has 0 saturated carbocycles. The van der Waals surface area contributed by atoms with Crippen LogP contribution in [0.3, 0.4) is 0 Å². The van der Waals surface area contributed by atoms with E-state index in [-0.39, 0.29) is 0 Å². The van der Waals surface area contributed by atoms with E-state index in [1.54, 1.807) is 0 Å². The van der Waals surface area contributed by atoms with Gasteiger partial charge in [0.2, 0.25) is 0 Å². The highest BCUT2D eigenvalue weighted by Gasteiger charge is 2.04. The van der Waals surface area contributed by atoms with Crippen molar-refractivity contribution < 1.29 is 0 Å². The monoisotopic (exact) mass is 177 g/mol. The normalized spacial score (nSPS) is 10.2. The summed E-state index contributed by atoms with van der Waals surface area (Å²) >= 11 is 0. The predicted octanol–water partition coefficient (Wildman–Crippen LogP) is 2.24. The van der Waals surface area contributed by atoms with Crippen LogP contribution in [-0.4, -0.2) is 18.2 Å². The fourth-order valence-electron chi connectivity index (χ4n) is 1.12. The molecule has 1 aromatic rings. The van der Waals surface area contributed by atoms with E-state index >= 15 is 0 Å². The van der Waals surface area contributed by atoms with Crippen LogP contribution in [0.4, 0.5) is 5.82 Å². The van der Waals surface area contributed by atoms with Gasteiger partial charge in [-0.1, -0.05) is 13.8 Å². The smallest absolute Gasteiger partial charge is 0.134 e. The minimum absolute atomic E-state index is 0.423. The van der Waals surface area contributed by atoms with Gasteiger partial charge in [0.15, 0.2) is 0 Å². The van der Waals surface area contributed by atoms with E-state index in [1.165, 1.54) is 6.21 Å². The molecule has 0 fully saturated rings. The maximum atomic E-state index is 7.16. The van der Waals surface area contributed by atoms with E-state index in [0.29, 0.717) is 5.92 Å². The summed E-state index contributed by atoms with van der Waals surface area (Å²) in [5, 5.41) is 10.1. The lowest BCUT2D eigenvalue weighted by molar-refractivity contribution is 0.824. The average Bonchev–Trinajstić information content (AvgIpc) is 2.16. The first-order valence-electron chi connectivity index (χ1n) is 4.38. The van der Waals surface area contributed by atoms with Gasteiger partial charge in [-0.05, 0) is 18.1 Å². The minimum atomic E-state index is 0.423. The van der Waals surface area contributed by atoms with Crippen LogP contribution < -0.4 is 5.32 Å². The zero-order chi connectivity index (χ0) is 9.84. The molecule has 3 heteroatoms. The van der Waals surface area contributed by atoms with Gasteiger partial charge in [-0.15, -0.1) is 0 Å². The Hall–Kier alpha value is -1.38. The van der Waals surface area contributed by atoms with E-state index in [0.717, 1.165) is 17.1 Å². The Bertz CT molecular complexity index is 305. The molecule has 0 radical (unpaired) electrons. The SMILES string of the molecule is CNc1nc(C(C)C)ccc1C=N. The number of nitrogens with zero attached hydrogens (tertiary/aromatic N) is 1. The molecule has 3 nitrogen and oxygen atoms in total. The van der Waals surface area contributed by atoms with Crippen LogP contribution in [0.2, 0.25) is 0 Å². The Labute approximate surface area is 78.7 Å². The van der Waals surface area contributed by atoms with Crippen molar-refractivity contribution in [2.24, 2.45) is 0 Å². The first kappa shape index (κ1) is 9.71. The topological polar surface area (TPSA) is 48.8 Å². The van der Waals surface area contributed by atoms with Crippen molar-refractivity contribution in [1.29, 1.82) is 5.41 Å². The molecule has 0 aliphatic heterocycles. The Morgan fingerprint density at radius 3 is 2.62 bits per heavy atom. The summed E-state index contributed by atoms with van der Waals surface area (Å²) in [5.41, 5.74) is 1.88. The Balaban J connectivity index is 3.12. The Morgan fingerprint density at radius 1 is 1.46 bits per heavy atom. The molecule has 70 valence electrons. The van der Waals surface area contributed by atoms with Crippen LogP contribution in [-0.2, 0) is 0 Å². The van der Waals surface area contributed by atoms with Gasteiger partial charge >= 0.3 is 0 Å². The summed E-state index contributed by atoms with van der Waals surface area (Å²) in [7, 11) is 1.82. The molecule has 0 bridgehead atoms. The molecule has 0 aliphatic carbocycles. The van der Waals surface area contributed by atoms with Crippen LogP contribution >= 0.6 is 0 Å². The molecule has 0 amide bonds. The fraction of sp³-hybridized carbons (Fsp3) is 0.400. The molecule has 1 rings (SSSR count). The van der Waals surface area contributed by atoms with E-state index < -0.39 is 0 Å². The highest BCUT2D eigenvalue weighted by Crippen LogP contribution is 2.16. The molecule has 0 unspecified atom stereocenters. The molecular weight excluding hydrogens is 162 g/mol. The van der Waals surface area contributed by atoms with Gasteiger partial charge in [-0.2, -0.15) is 0 Å². The molecule has 13 heavy (non-hydrogen) atoms. The van der Waals surface area contributed by atoms with Gasteiger partial charge < -0.3 is 10.7 Å². The second-order valence-corrected chi connectivity index (χ2v) is 3.22. The van der Waals surface area contributed by atoms with Crippen LogP contribution in [0.5, 0.6) is 0 Å². The number of pyridine rings is 1. The molecule has 0 spiro atoms. The van der Waals surface area contributed by atoms with Gasteiger partial charge in [0.05, 0.1) is 0 Å². The van der Waals surface area contributed by atoms with Crippen LogP contribution in [0, 0.1) is 5.41 Å². The quantitative estimate of drug-likeness (QED) is 0.696. The predicted molar refractivity (Wildman–Crippen MR) is 55.8 cm³/mol. The summed E-state index contributed by atoms with van der Waals surface area (Å²) in [6, 6.07) is 3.88. The zero-order valence-corrected chi connectivity index (χ0v) is 8.26. The number of hydrogen-bond acceptors (Lipinski definition) is 3. The second-order valence-electron chi connectivity index (χ2n) is 3.22. The van der Waals surface area contributed by atoms with Crippen molar-refractivity contribution in [3.05, 3.63) is 23.4 Å². The first-order chi connectivity index (χ1) is 6.19.